The molecule has 0 aliphatic carbocycles. The second-order valence-corrected chi connectivity index (χ2v) is 8.80. The molecule has 1 unspecified atom stereocenters. The van der Waals surface area contributed by atoms with E-state index < -0.39 is 7.37 Å². The molecule has 0 spiro atoms. The molecule has 3 aromatic rings. The van der Waals surface area contributed by atoms with Crippen LogP contribution in [0.2, 0.25) is 0 Å². The largest absolute Gasteiger partial charge is 0.456 e. The number of hydrogen-bond donors (Lipinski definition) is 0. The molecule has 120 valence electrons. The molecule has 0 amide bonds. The number of furan rings is 1. The first-order valence-electron chi connectivity index (χ1n) is 7.31. The van der Waals surface area contributed by atoms with Crippen molar-refractivity contribution < 1.29 is 18.3 Å². The fourth-order valence-corrected chi connectivity index (χ4v) is 4.80. The number of halogens is 1. The highest BCUT2D eigenvalue weighted by atomic mass is 79.9. The van der Waals surface area contributed by atoms with Crippen molar-refractivity contribution in [2.75, 3.05) is 12.8 Å². The minimum Gasteiger partial charge on any atom is -0.456 e. The number of rotatable bonds is 6. The number of fused-ring (bicyclic) bond motifs is 3. The van der Waals surface area contributed by atoms with Crippen LogP contribution >= 0.6 is 23.3 Å². The van der Waals surface area contributed by atoms with Crippen molar-refractivity contribution in [3.63, 3.8) is 0 Å². The number of carbonyl (C=O) groups excluding carboxylic acids is 1. The summed E-state index contributed by atoms with van der Waals surface area (Å²) in [5.74, 6) is 0. The molecule has 0 bridgehead atoms. The first-order valence-corrected chi connectivity index (χ1v) is 10.1. The maximum atomic E-state index is 12.6. The van der Waals surface area contributed by atoms with Gasteiger partial charge in [0.05, 0.1) is 18.9 Å². The molecule has 3 rings (SSSR count). The number of aldehydes is 1. The standard InChI is InChI=1S/C17H16BrO4P/c1-2-21-23(20,8-7-19)11-12-3-5-14-15-6-4-13(18)10-17(15)22-16(14)9-12/h3-7,9-10H,2,8,11H2,1H3. The molecule has 0 saturated carbocycles. The Bertz CT molecular complexity index is 915. The fourth-order valence-electron chi connectivity index (χ4n) is 2.68. The highest BCUT2D eigenvalue weighted by molar-refractivity contribution is 9.10. The van der Waals surface area contributed by atoms with E-state index in [9.17, 15) is 9.36 Å². The summed E-state index contributed by atoms with van der Waals surface area (Å²) in [6.07, 6.45) is 0.829. The third kappa shape index (κ3) is 3.42. The van der Waals surface area contributed by atoms with E-state index in [2.05, 4.69) is 15.9 Å². The normalized spacial score (nSPS) is 14.2. The molecular weight excluding hydrogens is 379 g/mol. The zero-order valence-electron chi connectivity index (χ0n) is 12.6. The average Bonchev–Trinajstić information content (AvgIpc) is 2.83. The number of carbonyl (C=O) groups is 1. The Morgan fingerprint density at radius 2 is 1.87 bits per heavy atom. The van der Waals surface area contributed by atoms with Crippen molar-refractivity contribution in [1.29, 1.82) is 0 Å². The van der Waals surface area contributed by atoms with Crippen molar-refractivity contribution in [2.24, 2.45) is 0 Å². The highest BCUT2D eigenvalue weighted by Crippen LogP contribution is 2.49. The molecule has 2 aromatic carbocycles. The van der Waals surface area contributed by atoms with Gasteiger partial charge in [0, 0.05) is 15.2 Å². The van der Waals surface area contributed by atoms with Gasteiger partial charge in [-0.3, -0.25) is 4.57 Å². The van der Waals surface area contributed by atoms with Crippen LogP contribution in [0.1, 0.15) is 12.5 Å². The summed E-state index contributed by atoms with van der Waals surface area (Å²) < 4.78 is 24.8. The van der Waals surface area contributed by atoms with Gasteiger partial charge in [-0.1, -0.05) is 28.1 Å². The maximum Gasteiger partial charge on any atom is 0.214 e. The average molecular weight is 395 g/mol. The Hall–Kier alpha value is -1.42. The van der Waals surface area contributed by atoms with Crippen LogP contribution in [0.3, 0.4) is 0 Å². The lowest BCUT2D eigenvalue weighted by Crippen LogP contribution is -2.00. The molecule has 0 aliphatic rings. The van der Waals surface area contributed by atoms with E-state index in [4.69, 9.17) is 8.94 Å². The summed E-state index contributed by atoms with van der Waals surface area (Å²) in [7, 11) is -2.98. The van der Waals surface area contributed by atoms with Gasteiger partial charge in [-0.2, -0.15) is 0 Å². The van der Waals surface area contributed by atoms with E-state index in [0.29, 0.717) is 12.9 Å². The summed E-state index contributed by atoms with van der Waals surface area (Å²) in [5.41, 5.74) is 2.38. The summed E-state index contributed by atoms with van der Waals surface area (Å²) in [5, 5.41) is 2.05. The van der Waals surface area contributed by atoms with Gasteiger partial charge in [0.2, 0.25) is 7.37 Å². The van der Waals surface area contributed by atoms with Crippen LogP contribution in [0, 0.1) is 0 Å². The molecule has 0 fully saturated rings. The lowest BCUT2D eigenvalue weighted by Gasteiger charge is -2.15. The number of benzene rings is 2. The van der Waals surface area contributed by atoms with Gasteiger partial charge < -0.3 is 13.7 Å². The summed E-state index contributed by atoms with van der Waals surface area (Å²) in [4.78, 5) is 10.8. The summed E-state index contributed by atoms with van der Waals surface area (Å²) in [6.45, 7) is 2.10. The molecule has 23 heavy (non-hydrogen) atoms. The van der Waals surface area contributed by atoms with Gasteiger partial charge in [0.15, 0.2) is 0 Å². The Morgan fingerprint density at radius 3 is 2.57 bits per heavy atom. The van der Waals surface area contributed by atoms with E-state index in [-0.39, 0.29) is 12.3 Å². The first-order chi connectivity index (χ1) is 11.0. The van der Waals surface area contributed by atoms with Crippen LogP contribution in [-0.4, -0.2) is 19.1 Å². The minimum atomic E-state index is -2.98. The topological polar surface area (TPSA) is 56.5 Å². The first kappa shape index (κ1) is 16.4. The Balaban J connectivity index is 2.01. The van der Waals surface area contributed by atoms with E-state index in [1.165, 1.54) is 0 Å². The second kappa shape index (κ2) is 6.60. The Labute approximate surface area is 142 Å². The van der Waals surface area contributed by atoms with Crippen molar-refractivity contribution in [3.05, 3.63) is 46.4 Å². The lowest BCUT2D eigenvalue weighted by molar-refractivity contribution is -0.105. The second-order valence-electron chi connectivity index (χ2n) is 5.31. The van der Waals surface area contributed by atoms with Crippen LogP contribution < -0.4 is 0 Å². The van der Waals surface area contributed by atoms with E-state index in [0.717, 1.165) is 32.0 Å². The molecule has 6 heteroatoms. The van der Waals surface area contributed by atoms with Gasteiger partial charge >= 0.3 is 0 Å². The van der Waals surface area contributed by atoms with Gasteiger partial charge in [-0.15, -0.1) is 0 Å². The summed E-state index contributed by atoms with van der Waals surface area (Å²) >= 11 is 3.43. The SMILES string of the molecule is CCOP(=O)(CC=O)Cc1ccc2c(c1)oc1cc(Br)ccc12. The molecule has 0 saturated heterocycles. The lowest BCUT2D eigenvalue weighted by atomic mass is 10.1. The molecule has 1 aromatic heterocycles. The van der Waals surface area contributed by atoms with Crippen molar-refractivity contribution in [1.82, 2.24) is 0 Å². The van der Waals surface area contributed by atoms with Crippen LogP contribution in [0.15, 0.2) is 45.3 Å². The monoisotopic (exact) mass is 394 g/mol. The van der Waals surface area contributed by atoms with E-state index in [1.54, 1.807) is 6.92 Å². The van der Waals surface area contributed by atoms with Crippen LogP contribution in [-0.2, 0) is 20.0 Å². The summed E-state index contributed by atoms with van der Waals surface area (Å²) in [6, 6.07) is 11.6. The van der Waals surface area contributed by atoms with Crippen LogP contribution in [0.4, 0.5) is 0 Å². The molecule has 4 nitrogen and oxygen atoms in total. The van der Waals surface area contributed by atoms with Crippen molar-refractivity contribution in [2.45, 2.75) is 13.1 Å². The van der Waals surface area contributed by atoms with Gasteiger partial charge in [-0.05, 0) is 36.8 Å². The maximum absolute atomic E-state index is 12.6. The predicted octanol–water partition coefficient (Wildman–Crippen LogP) is 5.36. The van der Waals surface area contributed by atoms with Crippen molar-refractivity contribution >= 4 is 51.5 Å². The highest BCUT2D eigenvalue weighted by Gasteiger charge is 2.23. The predicted molar refractivity (Wildman–Crippen MR) is 95.3 cm³/mol. The van der Waals surface area contributed by atoms with Crippen LogP contribution in [0.25, 0.3) is 21.9 Å². The molecule has 1 heterocycles. The Kier molecular flexibility index (Phi) is 4.72. The van der Waals surface area contributed by atoms with Gasteiger partial charge in [0.25, 0.3) is 0 Å². The third-order valence-electron chi connectivity index (χ3n) is 3.64. The quantitative estimate of drug-likeness (QED) is 0.417. The molecule has 0 N–H and O–H groups in total. The molecule has 0 aliphatic heterocycles. The smallest absolute Gasteiger partial charge is 0.214 e. The zero-order valence-corrected chi connectivity index (χ0v) is 15.1. The fraction of sp³-hybridized carbons (Fsp3) is 0.235. The van der Waals surface area contributed by atoms with Crippen LogP contribution in [0.5, 0.6) is 0 Å². The van der Waals surface area contributed by atoms with Gasteiger partial charge in [-0.25, -0.2) is 0 Å². The Morgan fingerprint density at radius 1 is 1.17 bits per heavy atom. The van der Waals surface area contributed by atoms with E-state index >= 15 is 0 Å². The van der Waals surface area contributed by atoms with Crippen molar-refractivity contribution in [3.8, 4) is 0 Å². The number of hydrogen-bond acceptors (Lipinski definition) is 4. The third-order valence-corrected chi connectivity index (χ3v) is 6.41. The molecule has 0 radical (unpaired) electrons. The molecular formula is C17H16BrO4P. The molecule has 1 atom stereocenters. The zero-order chi connectivity index (χ0) is 16.4. The van der Waals surface area contributed by atoms with E-state index in [1.807, 2.05) is 36.4 Å². The minimum absolute atomic E-state index is 0.0635. The van der Waals surface area contributed by atoms with Gasteiger partial charge in [0.1, 0.15) is 17.5 Å².